The highest BCUT2D eigenvalue weighted by molar-refractivity contribution is 7.89. The smallest absolute Gasteiger partial charge is 0.256 e. The summed E-state index contributed by atoms with van der Waals surface area (Å²) in [5.41, 5.74) is 4.25. The minimum absolute atomic E-state index is 0.0217. The third kappa shape index (κ3) is 5.57. The van der Waals surface area contributed by atoms with E-state index in [2.05, 4.69) is 15.5 Å². The van der Waals surface area contributed by atoms with Crippen LogP contribution in [0, 0.1) is 0 Å². The van der Waals surface area contributed by atoms with Gasteiger partial charge in [-0.1, -0.05) is 78.9 Å². The standard InChI is InChI=1S/C28H22N6O2S2/c29-38(35,36)24-18-16-23(17-19-24)34(28(37)30-22-14-8-3-9-15-22)27-31-25(20-10-4-1-5-11-20)26(32-33-27)21-12-6-2-7-13-21/h1-19H,(H,30,37)(H2,29,35,36). The molecule has 0 bridgehead atoms. The molecule has 1 heterocycles. The number of aromatic nitrogens is 3. The van der Waals surface area contributed by atoms with Crippen molar-refractivity contribution in [2.75, 3.05) is 10.2 Å². The normalized spacial score (nSPS) is 11.1. The summed E-state index contributed by atoms with van der Waals surface area (Å²) in [6.07, 6.45) is 0. The van der Waals surface area contributed by atoms with Crippen molar-refractivity contribution in [2.24, 2.45) is 5.14 Å². The largest absolute Gasteiger partial charge is 0.332 e. The van der Waals surface area contributed by atoms with Crippen molar-refractivity contribution < 1.29 is 8.42 Å². The van der Waals surface area contributed by atoms with Crippen LogP contribution in [0.2, 0.25) is 0 Å². The molecule has 0 aliphatic rings. The van der Waals surface area contributed by atoms with E-state index in [0.717, 1.165) is 16.8 Å². The second-order valence-corrected chi connectivity index (χ2v) is 10.2. The summed E-state index contributed by atoms with van der Waals surface area (Å²) in [4.78, 5) is 6.49. The van der Waals surface area contributed by atoms with Gasteiger partial charge in [-0.05, 0) is 48.6 Å². The molecule has 0 aliphatic carbocycles. The Kier molecular flexibility index (Phi) is 7.18. The molecule has 188 valence electrons. The van der Waals surface area contributed by atoms with Gasteiger partial charge in [0.2, 0.25) is 10.0 Å². The van der Waals surface area contributed by atoms with Crippen molar-refractivity contribution in [1.29, 1.82) is 0 Å². The Morgan fingerprint density at radius 2 is 1.24 bits per heavy atom. The van der Waals surface area contributed by atoms with Crippen molar-refractivity contribution in [2.45, 2.75) is 4.90 Å². The third-order valence-electron chi connectivity index (χ3n) is 5.62. The molecule has 10 heteroatoms. The maximum atomic E-state index is 11.8. The van der Waals surface area contributed by atoms with Gasteiger partial charge in [0.05, 0.1) is 10.6 Å². The minimum Gasteiger partial charge on any atom is -0.332 e. The summed E-state index contributed by atoms with van der Waals surface area (Å²) in [6.45, 7) is 0. The Balaban J connectivity index is 1.65. The third-order valence-corrected chi connectivity index (χ3v) is 6.84. The van der Waals surface area contributed by atoms with Crippen LogP contribution in [-0.4, -0.2) is 28.7 Å². The molecule has 3 N–H and O–H groups in total. The minimum atomic E-state index is -3.87. The van der Waals surface area contributed by atoms with Crippen molar-refractivity contribution in [3.63, 3.8) is 0 Å². The number of rotatable bonds is 6. The average Bonchev–Trinajstić information content (AvgIpc) is 2.94. The summed E-state index contributed by atoms with van der Waals surface area (Å²) >= 11 is 5.78. The predicted molar refractivity (Wildman–Crippen MR) is 153 cm³/mol. The Morgan fingerprint density at radius 1 is 0.711 bits per heavy atom. The van der Waals surface area contributed by atoms with E-state index in [1.807, 2.05) is 91.0 Å². The van der Waals surface area contributed by atoms with Gasteiger partial charge in [0, 0.05) is 16.8 Å². The summed E-state index contributed by atoms with van der Waals surface area (Å²) in [5.74, 6) is 0.209. The van der Waals surface area contributed by atoms with E-state index in [4.69, 9.17) is 22.3 Å². The lowest BCUT2D eigenvalue weighted by atomic mass is 10.0. The van der Waals surface area contributed by atoms with Gasteiger partial charge in [-0.2, -0.15) is 0 Å². The highest BCUT2D eigenvalue weighted by Crippen LogP contribution is 2.32. The number of hydrogen-bond donors (Lipinski definition) is 2. The number of anilines is 3. The second-order valence-electron chi connectivity index (χ2n) is 8.21. The van der Waals surface area contributed by atoms with Crippen molar-refractivity contribution >= 4 is 44.7 Å². The van der Waals surface area contributed by atoms with Gasteiger partial charge >= 0.3 is 0 Å². The van der Waals surface area contributed by atoms with Crippen LogP contribution in [0.3, 0.4) is 0 Å². The fourth-order valence-electron chi connectivity index (χ4n) is 3.81. The zero-order chi connectivity index (χ0) is 26.5. The van der Waals surface area contributed by atoms with Gasteiger partial charge in [0.25, 0.3) is 5.95 Å². The molecule has 5 aromatic rings. The molecule has 4 aromatic carbocycles. The van der Waals surface area contributed by atoms with E-state index in [1.165, 1.54) is 12.1 Å². The monoisotopic (exact) mass is 538 g/mol. The zero-order valence-electron chi connectivity index (χ0n) is 20.0. The Labute approximate surface area is 225 Å². The molecule has 0 amide bonds. The van der Waals surface area contributed by atoms with E-state index >= 15 is 0 Å². The number of thiocarbonyl (C=S) groups is 1. The maximum Gasteiger partial charge on any atom is 0.256 e. The fraction of sp³-hybridized carbons (Fsp3) is 0. The van der Waals surface area contributed by atoms with Crippen LogP contribution in [0.5, 0.6) is 0 Å². The Hall–Kier alpha value is -4.51. The summed E-state index contributed by atoms with van der Waals surface area (Å²) in [7, 11) is -3.87. The van der Waals surface area contributed by atoms with Crippen LogP contribution < -0.4 is 15.4 Å². The van der Waals surface area contributed by atoms with E-state index in [9.17, 15) is 8.42 Å². The molecule has 0 unspecified atom stereocenters. The van der Waals surface area contributed by atoms with Gasteiger partial charge in [0.1, 0.15) is 11.4 Å². The lowest BCUT2D eigenvalue weighted by molar-refractivity contribution is 0.598. The molecular weight excluding hydrogens is 516 g/mol. The van der Waals surface area contributed by atoms with Crippen LogP contribution in [0.25, 0.3) is 22.5 Å². The van der Waals surface area contributed by atoms with Crippen molar-refractivity contribution in [3.8, 4) is 22.5 Å². The number of hydrogen-bond acceptors (Lipinski definition) is 6. The highest BCUT2D eigenvalue weighted by Gasteiger charge is 2.22. The van der Waals surface area contributed by atoms with Crippen LogP contribution in [0.1, 0.15) is 0 Å². The summed E-state index contributed by atoms with van der Waals surface area (Å²) in [6, 6.07) is 34.8. The Bertz CT molecular complexity index is 1670. The highest BCUT2D eigenvalue weighted by atomic mass is 32.2. The summed E-state index contributed by atoms with van der Waals surface area (Å²) < 4.78 is 23.6. The number of nitrogens with zero attached hydrogens (tertiary/aromatic N) is 4. The van der Waals surface area contributed by atoms with E-state index < -0.39 is 10.0 Å². The van der Waals surface area contributed by atoms with Crippen LogP contribution in [-0.2, 0) is 10.0 Å². The number of benzene rings is 4. The maximum absolute atomic E-state index is 11.8. The molecule has 0 atom stereocenters. The van der Waals surface area contributed by atoms with Gasteiger partial charge in [-0.25, -0.2) is 18.5 Å². The number of sulfonamides is 1. The lowest BCUT2D eigenvalue weighted by Crippen LogP contribution is -2.32. The molecule has 0 spiro atoms. The molecule has 0 fully saturated rings. The van der Waals surface area contributed by atoms with Crippen LogP contribution in [0.4, 0.5) is 17.3 Å². The second kappa shape index (κ2) is 10.9. The Morgan fingerprint density at radius 3 is 1.79 bits per heavy atom. The molecule has 8 nitrogen and oxygen atoms in total. The SMILES string of the molecule is NS(=O)(=O)c1ccc(N(C(=S)Nc2ccccc2)c2nnc(-c3ccccc3)c(-c3ccccc3)n2)cc1. The molecule has 38 heavy (non-hydrogen) atoms. The first kappa shape index (κ1) is 25.2. The average molecular weight is 539 g/mol. The molecule has 0 saturated heterocycles. The van der Waals surface area contributed by atoms with Gasteiger partial charge in [-0.15, -0.1) is 10.2 Å². The van der Waals surface area contributed by atoms with Gasteiger partial charge in [-0.3, -0.25) is 4.90 Å². The first-order valence-corrected chi connectivity index (χ1v) is 13.5. The molecular formula is C28H22N6O2S2. The fourth-order valence-corrected chi connectivity index (χ4v) is 4.63. The first-order chi connectivity index (χ1) is 18.4. The van der Waals surface area contributed by atoms with Crippen LogP contribution in [0.15, 0.2) is 120 Å². The van der Waals surface area contributed by atoms with E-state index in [1.54, 1.807) is 17.0 Å². The van der Waals surface area contributed by atoms with Crippen LogP contribution >= 0.6 is 12.2 Å². The number of nitrogens with one attached hydrogen (secondary N) is 1. The lowest BCUT2D eigenvalue weighted by Gasteiger charge is -2.24. The number of para-hydroxylation sites is 1. The topological polar surface area (TPSA) is 114 Å². The molecule has 1 aromatic heterocycles. The number of primary sulfonamides is 1. The molecule has 0 saturated carbocycles. The molecule has 5 rings (SSSR count). The van der Waals surface area contributed by atoms with Crippen molar-refractivity contribution in [1.82, 2.24) is 15.2 Å². The van der Waals surface area contributed by atoms with E-state index in [0.29, 0.717) is 17.1 Å². The zero-order valence-corrected chi connectivity index (χ0v) is 21.6. The van der Waals surface area contributed by atoms with E-state index in [-0.39, 0.29) is 16.0 Å². The van der Waals surface area contributed by atoms with Gasteiger partial charge < -0.3 is 5.32 Å². The molecule has 0 aliphatic heterocycles. The first-order valence-electron chi connectivity index (χ1n) is 11.5. The predicted octanol–water partition coefficient (Wildman–Crippen LogP) is 5.39. The van der Waals surface area contributed by atoms with Gasteiger partial charge in [0.15, 0.2) is 5.11 Å². The molecule has 0 radical (unpaired) electrons. The quantitative estimate of drug-likeness (QED) is 0.277. The number of nitrogens with two attached hydrogens (primary N) is 1. The summed E-state index contributed by atoms with van der Waals surface area (Å²) in [5, 5.41) is 17.8. The van der Waals surface area contributed by atoms with Crippen molar-refractivity contribution in [3.05, 3.63) is 115 Å².